The van der Waals surface area contributed by atoms with Crippen molar-refractivity contribution in [1.82, 2.24) is 5.32 Å². The van der Waals surface area contributed by atoms with E-state index >= 15 is 0 Å². The Hall–Kier alpha value is -1.51. The molecule has 0 fully saturated rings. The van der Waals surface area contributed by atoms with Crippen LogP contribution >= 0.6 is 22.6 Å². The quantitative estimate of drug-likeness (QED) is 0.706. The summed E-state index contributed by atoms with van der Waals surface area (Å²) >= 11 is 2.11. The van der Waals surface area contributed by atoms with E-state index in [1.54, 1.807) is 26.8 Å². The van der Waals surface area contributed by atoms with Gasteiger partial charge in [0.15, 0.2) is 0 Å². The normalized spacial score (nSPS) is 17.9. The van der Waals surface area contributed by atoms with Crippen LogP contribution in [0, 0.1) is 3.57 Å². The van der Waals surface area contributed by atoms with Crippen LogP contribution < -0.4 is 15.4 Å². The van der Waals surface area contributed by atoms with Gasteiger partial charge in [0.05, 0.1) is 5.69 Å². The zero-order valence-corrected chi connectivity index (χ0v) is 14.2. The lowest BCUT2D eigenvalue weighted by atomic mass is 10.2. The molecule has 21 heavy (non-hydrogen) atoms. The molecule has 0 aliphatic carbocycles. The summed E-state index contributed by atoms with van der Waals surface area (Å²) < 4.78 is 11.6. The number of ether oxygens (including phenoxy) is 2. The number of carbonyl (C=O) groups excluding carboxylic acids is 2. The molecular weight excluding hydrogens is 387 g/mol. The molecule has 2 N–H and O–H groups in total. The van der Waals surface area contributed by atoms with Crippen molar-refractivity contribution in [2.45, 2.75) is 32.4 Å². The van der Waals surface area contributed by atoms with Crippen LogP contribution in [-0.4, -0.2) is 30.3 Å². The molecule has 1 aromatic carbocycles. The third-order valence-electron chi connectivity index (χ3n) is 2.64. The topological polar surface area (TPSA) is 76.7 Å². The Morgan fingerprint density at radius 2 is 2.19 bits per heavy atom. The molecule has 1 aromatic rings. The zero-order valence-electron chi connectivity index (χ0n) is 12.0. The molecule has 0 saturated heterocycles. The molecule has 2 rings (SSSR count). The summed E-state index contributed by atoms with van der Waals surface area (Å²) in [7, 11) is 0. The van der Waals surface area contributed by atoms with Gasteiger partial charge in [0.25, 0.3) is 5.91 Å². The van der Waals surface area contributed by atoms with Crippen LogP contribution in [0.25, 0.3) is 0 Å². The lowest BCUT2D eigenvalue weighted by Crippen LogP contribution is -2.48. The number of hydrogen-bond acceptors (Lipinski definition) is 4. The smallest absolute Gasteiger partial charge is 0.408 e. The van der Waals surface area contributed by atoms with Crippen molar-refractivity contribution in [1.29, 1.82) is 0 Å². The summed E-state index contributed by atoms with van der Waals surface area (Å²) in [6.45, 7) is 5.33. The summed E-state index contributed by atoms with van der Waals surface area (Å²) in [6.07, 6.45) is -0.646. The number of halogens is 1. The number of rotatable bonds is 1. The van der Waals surface area contributed by atoms with Gasteiger partial charge >= 0.3 is 6.09 Å². The Labute approximate surface area is 136 Å². The Morgan fingerprint density at radius 1 is 1.48 bits per heavy atom. The minimum atomic E-state index is -0.803. The highest BCUT2D eigenvalue weighted by molar-refractivity contribution is 14.1. The predicted molar refractivity (Wildman–Crippen MR) is 86.4 cm³/mol. The Morgan fingerprint density at radius 3 is 2.86 bits per heavy atom. The molecule has 1 aliphatic heterocycles. The highest BCUT2D eigenvalue weighted by Crippen LogP contribution is 2.31. The maximum atomic E-state index is 12.2. The van der Waals surface area contributed by atoms with Gasteiger partial charge in [0.1, 0.15) is 24.0 Å². The van der Waals surface area contributed by atoms with E-state index in [-0.39, 0.29) is 12.5 Å². The number of alkyl carbamates (subject to hydrolysis) is 1. The maximum Gasteiger partial charge on any atom is 0.408 e. The van der Waals surface area contributed by atoms with Gasteiger partial charge in [-0.2, -0.15) is 0 Å². The number of hydrogen-bond donors (Lipinski definition) is 2. The molecule has 1 unspecified atom stereocenters. The molecule has 1 heterocycles. The molecular formula is C14H17IN2O4. The number of para-hydroxylation sites is 1. The van der Waals surface area contributed by atoms with Crippen molar-refractivity contribution >= 4 is 40.3 Å². The second kappa shape index (κ2) is 6.08. The summed E-state index contributed by atoms with van der Waals surface area (Å²) in [4.78, 5) is 23.9. The second-order valence-corrected chi connectivity index (χ2v) is 6.77. The first-order chi connectivity index (χ1) is 9.76. The average molecular weight is 404 g/mol. The van der Waals surface area contributed by atoms with Crippen molar-refractivity contribution in [3.05, 3.63) is 21.8 Å². The summed E-state index contributed by atoms with van der Waals surface area (Å²) in [5.74, 6) is 0.257. The molecule has 114 valence electrons. The molecule has 7 heteroatoms. The molecule has 0 radical (unpaired) electrons. The minimum absolute atomic E-state index is 0.0537. The highest BCUT2D eigenvalue weighted by atomic mass is 127. The molecule has 1 aliphatic rings. The van der Waals surface area contributed by atoms with Crippen LogP contribution in [0.5, 0.6) is 5.75 Å². The lowest BCUT2D eigenvalue weighted by Gasteiger charge is -2.22. The van der Waals surface area contributed by atoms with Crippen molar-refractivity contribution < 1.29 is 19.1 Å². The van der Waals surface area contributed by atoms with E-state index in [1.807, 2.05) is 12.1 Å². The highest BCUT2D eigenvalue weighted by Gasteiger charge is 2.28. The fourth-order valence-electron chi connectivity index (χ4n) is 1.76. The van der Waals surface area contributed by atoms with Gasteiger partial charge < -0.3 is 20.1 Å². The van der Waals surface area contributed by atoms with E-state index in [0.29, 0.717) is 11.4 Å². The first-order valence-corrected chi connectivity index (χ1v) is 7.56. The molecule has 2 amide bonds. The second-order valence-electron chi connectivity index (χ2n) is 5.61. The molecule has 0 spiro atoms. The van der Waals surface area contributed by atoms with Gasteiger partial charge in [-0.05, 0) is 55.5 Å². The van der Waals surface area contributed by atoms with Crippen LogP contribution in [-0.2, 0) is 9.53 Å². The fraction of sp³-hybridized carbons (Fsp3) is 0.429. The van der Waals surface area contributed by atoms with Gasteiger partial charge in [-0.3, -0.25) is 4.79 Å². The SMILES string of the molecule is CC(C)(C)OC(=O)NC1COc2cccc(I)c2NC1=O. The first kappa shape index (κ1) is 15.9. The van der Waals surface area contributed by atoms with Crippen LogP contribution in [0.2, 0.25) is 0 Å². The van der Waals surface area contributed by atoms with Gasteiger partial charge in [0, 0.05) is 3.57 Å². The Balaban J connectivity index is 2.07. The van der Waals surface area contributed by atoms with Crippen LogP contribution in [0.3, 0.4) is 0 Å². The molecule has 0 saturated carbocycles. The molecule has 6 nitrogen and oxygen atoms in total. The molecule has 0 bridgehead atoms. The number of anilines is 1. The van der Waals surface area contributed by atoms with Gasteiger partial charge in [-0.15, -0.1) is 0 Å². The monoisotopic (exact) mass is 404 g/mol. The third kappa shape index (κ3) is 4.23. The first-order valence-electron chi connectivity index (χ1n) is 6.48. The van der Waals surface area contributed by atoms with Gasteiger partial charge in [-0.1, -0.05) is 6.07 Å². The van der Waals surface area contributed by atoms with Crippen molar-refractivity contribution in [2.24, 2.45) is 0 Å². The molecule has 0 aromatic heterocycles. The number of amides is 2. The van der Waals surface area contributed by atoms with Crippen LogP contribution in [0.1, 0.15) is 20.8 Å². The minimum Gasteiger partial charge on any atom is -0.489 e. The van der Waals surface area contributed by atoms with E-state index in [0.717, 1.165) is 3.57 Å². The van der Waals surface area contributed by atoms with Crippen LogP contribution in [0.4, 0.5) is 10.5 Å². The number of fused-ring (bicyclic) bond motifs is 1. The van der Waals surface area contributed by atoms with E-state index in [4.69, 9.17) is 9.47 Å². The fourth-order valence-corrected chi connectivity index (χ4v) is 2.37. The van der Waals surface area contributed by atoms with E-state index < -0.39 is 17.7 Å². The van der Waals surface area contributed by atoms with Crippen molar-refractivity contribution in [2.75, 3.05) is 11.9 Å². The summed E-state index contributed by atoms with van der Waals surface area (Å²) in [6, 6.07) is 4.68. The lowest BCUT2D eigenvalue weighted by molar-refractivity contribution is -0.118. The predicted octanol–water partition coefficient (Wildman–Crippen LogP) is 2.52. The number of benzene rings is 1. The van der Waals surface area contributed by atoms with E-state index in [2.05, 4.69) is 33.2 Å². The largest absolute Gasteiger partial charge is 0.489 e. The Kier molecular flexibility index (Phi) is 4.60. The third-order valence-corrected chi connectivity index (χ3v) is 3.54. The standard InChI is InChI=1S/C14H17IN2O4/c1-14(2,3)21-13(19)16-9-7-20-10-6-4-5-8(15)11(10)17-12(9)18/h4-6,9H,7H2,1-3H3,(H,16,19)(H,17,18). The summed E-state index contributed by atoms with van der Waals surface area (Å²) in [5.41, 5.74) is 0.00129. The van der Waals surface area contributed by atoms with E-state index in [9.17, 15) is 9.59 Å². The summed E-state index contributed by atoms with van der Waals surface area (Å²) in [5, 5.41) is 5.29. The van der Waals surface area contributed by atoms with Crippen LogP contribution in [0.15, 0.2) is 18.2 Å². The average Bonchev–Trinajstić information content (AvgIpc) is 2.49. The van der Waals surface area contributed by atoms with Crippen molar-refractivity contribution in [3.63, 3.8) is 0 Å². The number of carbonyl (C=O) groups is 2. The zero-order chi connectivity index (χ0) is 15.6. The van der Waals surface area contributed by atoms with Gasteiger partial charge in [0.2, 0.25) is 0 Å². The van der Waals surface area contributed by atoms with Gasteiger partial charge in [-0.25, -0.2) is 4.79 Å². The Bertz CT molecular complexity index is 569. The van der Waals surface area contributed by atoms with E-state index in [1.165, 1.54) is 0 Å². The maximum absolute atomic E-state index is 12.2. The number of nitrogens with one attached hydrogen (secondary N) is 2. The molecule has 1 atom stereocenters. The van der Waals surface area contributed by atoms with Crippen molar-refractivity contribution in [3.8, 4) is 5.75 Å².